The molecule has 1 aliphatic heterocycles. The van der Waals surface area contributed by atoms with Crippen molar-refractivity contribution in [1.29, 1.82) is 0 Å². The number of aromatic nitrogens is 3. The number of thiazole rings is 1. The van der Waals surface area contributed by atoms with Crippen LogP contribution in [0.25, 0.3) is 0 Å². The molecule has 1 aliphatic rings. The SMILES string of the molecule is CCc1nc(C)c(CNC(=O)N2CCCC[C@H]2c2nc(CCOC)no2)s1. The standard InChI is InChI=1S/C18H27N5O3S/c1-4-16-20-12(2)14(27-16)11-19-18(24)23-9-6-5-7-13(23)17-21-15(22-26-17)8-10-25-3/h13H,4-11H2,1-3H3,(H,19,24)/t13-/m0/s1. The quantitative estimate of drug-likeness (QED) is 0.777. The van der Waals surface area contributed by atoms with Crippen molar-refractivity contribution in [1.82, 2.24) is 25.3 Å². The van der Waals surface area contributed by atoms with Crippen molar-refractivity contribution in [2.45, 2.75) is 58.5 Å². The van der Waals surface area contributed by atoms with Crippen molar-refractivity contribution in [2.24, 2.45) is 0 Å². The van der Waals surface area contributed by atoms with E-state index in [1.165, 1.54) is 0 Å². The fourth-order valence-corrected chi connectivity index (χ4v) is 4.14. The molecule has 2 amide bonds. The van der Waals surface area contributed by atoms with Crippen molar-refractivity contribution in [2.75, 3.05) is 20.3 Å². The summed E-state index contributed by atoms with van der Waals surface area (Å²) in [6.07, 6.45) is 4.37. The Kier molecular flexibility index (Phi) is 6.78. The van der Waals surface area contributed by atoms with E-state index in [0.29, 0.717) is 37.8 Å². The van der Waals surface area contributed by atoms with Crippen LogP contribution in [0.4, 0.5) is 4.79 Å². The van der Waals surface area contributed by atoms with E-state index in [9.17, 15) is 4.79 Å². The maximum atomic E-state index is 12.8. The van der Waals surface area contributed by atoms with Crippen molar-refractivity contribution in [3.8, 4) is 0 Å². The second-order valence-corrected chi connectivity index (χ2v) is 7.79. The van der Waals surface area contributed by atoms with E-state index in [4.69, 9.17) is 9.26 Å². The topological polar surface area (TPSA) is 93.4 Å². The fraction of sp³-hybridized carbons (Fsp3) is 0.667. The van der Waals surface area contributed by atoms with Gasteiger partial charge in [0.2, 0.25) is 5.89 Å². The molecule has 1 atom stereocenters. The zero-order valence-electron chi connectivity index (χ0n) is 16.2. The summed E-state index contributed by atoms with van der Waals surface area (Å²) in [7, 11) is 1.64. The predicted molar refractivity (Wildman–Crippen MR) is 102 cm³/mol. The molecule has 0 bridgehead atoms. The van der Waals surface area contributed by atoms with Crippen molar-refractivity contribution in [3.63, 3.8) is 0 Å². The number of carbonyl (C=O) groups excluding carboxylic acids is 1. The van der Waals surface area contributed by atoms with Gasteiger partial charge in [0.25, 0.3) is 0 Å². The Morgan fingerprint density at radius 2 is 2.26 bits per heavy atom. The number of likely N-dealkylation sites (tertiary alicyclic amines) is 1. The molecule has 9 heteroatoms. The number of nitrogens with zero attached hydrogens (tertiary/aromatic N) is 4. The van der Waals surface area contributed by atoms with Crippen molar-refractivity contribution in [3.05, 3.63) is 27.3 Å². The molecule has 0 radical (unpaired) electrons. The number of piperidine rings is 1. The summed E-state index contributed by atoms with van der Waals surface area (Å²) in [6.45, 7) is 5.80. The average Bonchev–Trinajstić information content (AvgIpc) is 3.30. The third-order valence-electron chi connectivity index (χ3n) is 4.70. The molecular formula is C18H27N5O3S. The first-order valence-corrected chi connectivity index (χ1v) is 10.2. The van der Waals surface area contributed by atoms with Crippen molar-refractivity contribution >= 4 is 17.4 Å². The molecule has 0 unspecified atom stereocenters. The third-order valence-corrected chi connectivity index (χ3v) is 6.00. The van der Waals surface area contributed by atoms with Gasteiger partial charge in [-0.15, -0.1) is 11.3 Å². The summed E-state index contributed by atoms with van der Waals surface area (Å²) < 4.78 is 10.5. The lowest BCUT2D eigenvalue weighted by atomic mass is 10.0. The number of methoxy groups -OCH3 is 1. The van der Waals surface area contributed by atoms with Crippen LogP contribution in [0.1, 0.15) is 59.5 Å². The Morgan fingerprint density at radius 1 is 1.41 bits per heavy atom. The van der Waals surface area contributed by atoms with Crippen LogP contribution in [0, 0.1) is 6.92 Å². The highest BCUT2D eigenvalue weighted by Gasteiger charge is 2.32. The molecule has 2 aromatic heterocycles. The molecule has 0 aliphatic carbocycles. The van der Waals surface area contributed by atoms with E-state index in [1.54, 1.807) is 18.4 Å². The largest absolute Gasteiger partial charge is 0.384 e. The molecule has 0 aromatic carbocycles. The van der Waals surface area contributed by atoms with Gasteiger partial charge in [-0.05, 0) is 32.6 Å². The number of ether oxygens (including phenoxy) is 1. The Morgan fingerprint density at radius 3 is 3.00 bits per heavy atom. The fourth-order valence-electron chi connectivity index (χ4n) is 3.19. The lowest BCUT2D eigenvalue weighted by molar-refractivity contribution is 0.131. The van der Waals surface area contributed by atoms with Gasteiger partial charge in [0.15, 0.2) is 5.82 Å². The zero-order valence-corrected chi connectivity index (χ0v) is 17.0. The van der Waals surface area contributed by atoms with Gasteiger partial charge in [-0.3, -0.25) is 0 Å². The third kappa shape index (κ3) is 4.84. The second-order valence-electron chi connectivity index (χ2n) is 6.63. The highest BCUT2D eigenvalue weighted by molar-refractivity contribution is 7.11. The monoisotopic (exact) mass is 393 g/mol. The maximum absolute atomic E-state index is 12.8. The Labute approximate surface area is 163 Å². The molecule has 3 rings (SSSR count). The summed E-state index contributed by atoms with van der Waals surface area (Å²) in [5.41, 5.74) is 0.993. The van der Waals surface area contributed by atoms with Crippen LogP contribution in [0.2, 0.25) is 0 Å². The van der Waals surface area contributed by atoms with Gasteiger partial charge < -0.3 is 19.5 Å². The van der Waals surface area contributed by atoms with Crippen LogP contribution in [-0.2, 0) is 24.1 Å². The van der Waals surface area contributed by atoms with E-state index >= 15 is 0 Å². The minimum Gasteiger partial charge on any atom is -0.384 e. The second kappa shape index (κ2) is 9.27. The van der Waals surface area contributed by atoms with E-state index in [1.807, 2.05) is 11.8 Å². The first-order valence-electron chi connectivity index (χ1n) is 9.43. The molecule has 8 nitrogen and oxygen atoms in total. The number of hydrogen-bond acceptors (Lipinski definition) is 7. The van der Waals surface area contributed by atoms with Gasteiger partial charge in [0.05, 0.1) is 23.9 Å². The molecule has 1 saturated heterocycles. The normalized spacial score (nSPS) is 17.3. The summed E-state index contributed by atoms with van der Waals surface area (Å²) in [6, 6.07) is -0.265. The molecule has 1 N–H and O–H groups in total. The minimum absolute atomic E-state index is 0.0952. The van der Waals surface area contributed by atoms with E-state index < -0.39 is 0 Å². The van der Waals surface area contributed by atoms with E-state index in [0.717, 1.165) is 41.3 Å². The summed E-state index contributed by atoms with van der Waals surface area (Å²) in [4.78, 5) is 24.7. The number of rotatable bonds is 7. The lowest BCUT2D eigenvalue weighted by Gasteiger charge is -2.33. The van der Waals surface area contributed by atoms with Crippen LogP contribution in [0.15, 0.2) is 4.52 Å². The molecule has 2 aromatic rings. The molecule has 0 spiro atoms. The number of hydrogen-bond donors (Lipinski definition) is 1. The molecule has 27 heavy (non-hydrogen) atoms. The van der Waals surface area contributed by atoms with Crippen molar-refractivity contribution < 1.29 is 14.1 Å². The van der Waals surface area contributed by atoms with E-state index in [2.05, 4.69) is 27.4 Å². The zero-order chi connectivity index (χ0) is 19.2. The van der Waals surface area contributed by atoms with Crippen LogP contribution < -0.4 is 5.32 Å². The first-order chi connectivity index (χ1) is 13.1. The van der Waals surface area contributed by atoms with Gasteiger partial charge in [0.1, 0.15) is 6.04 Å². The number of urea groups is 1. The van der Waals surface area contributed by atoms with Gasteiger partial charge >= 0.3 is 6.03 Å². The van der Waals surface area contributed by atoms with Crippen LogP contribution in [-0.4, -0.2) is 46.3 Å². The van der Waals surface area contributed by atoms with Gasteiger partial charge in [-0.2, -0.15) is 4.98 Å². The number of nitrogens with one attached hydrogen (secondary N) is 1. The average molecular weight is 394 g/mol. The Hall–Kier alpha value is -2.00. The lowest BCUT2D eigenvalue weighted by Crippen LogP contribution is -2.44. The predicted octanol–water partition coefficient (Wildman–Crippen LogP) is 3.02. The molecule has 148 valence electrons. The Bertz CT molecular complexity index is 760. The van der Waals surface area contributed by atoms with Crippen LogP contribution in [0.5, 0.6) is 0 Å². The van der Waals surface area contributed by atoms with Crippen LogP contribution in [0.3, 0.4) is 0 Å². The summed E-state index contributed by atoms with van der Waals surface area (Å²) in [5, 5.41) is 8.14. The molecule has 0 saturated carbocycles. The molecule has 3 heterocycles. The number of amides is 2. The van der Waals surface area contributed by atoms with Crippen LogP contribution >= 0.6 is 11.3 Å². The van der Waals surface area contributed by atoms with Gasteiger partial charge in [-0.1, -0.05) is 12.1 Å². The highest BCUT2D eigenvalue weighted by atomic mass is 32.1. The minimum atomic E-state index is -0.170. The smallest absolute Gasteiger partial charge is 0.318 e. The van der Waals surface area contributed by atoms with Gasteiger partial charge in [-0.25, -0.2) is 9.78 Å². The molecule has 1 fully saturated rings. The molecular weight excluding hydrogens is 366 g/mol. The Balaban J connectivity index is 1.64. The van der Waals surface area contributed by atoms with Gasteiger partial charge in [0, 0.05) is 25.0 Å². The summed E-state index contributed by atoms with van der Waals surface area (Å²) in [5.74, 6) is 1.13. The summed E-state index contributed by atoms with van der Waals surface area (Å²) >= 11 is 1.66. The maximum Gasteiger partial charge on any atom is 0.318 e. The number of carbonyl (C=O) groups is 1. The number of aryl methyl sites for hydroxylation is 2. The first kappa shape index (κ1) is 19.8. The van der Waals surface area contributed by atoms with E-state index in [-0.39, 0.29) is 12.1 Å². The highest BCUT2D eigenvalue weighted by Crippen LogP contribution is 2.30.